The van der Waals surface area contributed by atoms with Crippen LogP contribution in [0, 0.1) is 11.3 Å². The second kappa shape index (κ2) is 6.90. The molecule has 0 unspecified atom stereocenters. The van der Waals surface area contributed by atoms with Crippen LogP contribution in [0.2, 0.25) is 0 Å². The van der Waals surface area contributed by atoms with E-state index in [4.69, 9.17) is 19.9 Å². The molecule has 1 aromatic heterocycles. The molecule has 0 saturated heterocycles. The van der Waals surface area contributed by atoms with Gasteiger partial charge in [-0.15, -0.1) is 0 Å². The van der Waals surface area contributed by atoms with Crippen LogP contribution in [-0.4, -0.2) is 26.3 Å². The number of aromatic amines is 1. The summed E-state index contributed by atoms with van der Waals surface area (Å²) in [5.41, 5.74) is 9.16. The number of methoxy groups -OCH3 is 3. The highest BCUT2D eigenvalue weighted by molar-refractivity contribution is 5.86. The summed E-state index contributed by atoms with van der Waals surface area (Å²) in [4.78, 5) is 3.03. The quantitative estimate of drug-likeness (QED) is 0.855. The van der Waals surface area contributed by atoms with Crippen molar-refractivity contribution in [2.45, 2.75) is 6.54 Å². The molecule has 0 amide bonds. The number of aromatic nitrogens is 1. The molecule has 0 fully saturated rings. The van der Waals surface area contributed by atoms with E-state index in [9.17, 15) is 5.26 Å². The van der Waals surface area contributed by atoms with Crippen LogP contribution in [0.4, 0.5) is 0 Å². The molecule has 1 heterocycles. The summed E-state index contributed by atoms with van der Waals surface area (Å²) in [5.74, 6) is 1.54. The number of nitrogens with one attached hydrogen (secondary N) is 1. The number of nitrogens with two attached hydrogens (primary N) is 1. The lowest BCUT2D eigenvalue weighted by molar-refractivity contribution is 0.325. The molecule has 2 rings (SSSR count). The fourth-order valence-electron chi connectivity index (χ4n) is 2.62. The normalized spacial score (nSPS) is 10.0. The van der Waals surface area contributed by atoms with E-state index >= 15 is 0 Å². The molecule has 0 saturated carbocycles. The zero-order valence-corrected chi connectivity index (χ0v) is 13.4. The lowest BCUT2D eigenvalue weighted by atomic mass is 9.98. The van der Waals surface area contributed by atoms with Crippen LogP contribution in [0.25, 0.3) is 17.2 Å². The van der Waals surface area contributed by atoms with Gasteiger partial charge >= 0.3 is 0 Å². The predicted octanol–water partition coefficient (Wildman–Crippen LogP) is 2.68. The Morgan fingerprint density at radius 1 is 1.22 bits per heavy atom. The molecular weight excluding hydrogens is 294 g/mol. The van der Waals surface area contributed by atoms with Crippen molar-refractivity contribution in [1.82, 2.24) is 4.98 Å². The highest BCUT2D eigenvalue weighted by Gasteiger charge is 2.23. The molecule has 0 aliphatic carbocycles. The molecule has 6 heteroatoms. The highest BCUT2D eigenvalue weighted by atomic mass is 16.5. The molecule has 0 bridgehead atoms. The van der Waals surface area contributed by atoms with Gasteiger partial charge in [0.1, 0.15) is 11.8 Å². The highest BCUT2D eigenvalue weighted by Crippen LogP contribution is 2.46. The van der Waals surface area contributed by atoms with E-state index in [2.05, 4.69) is 17.6 Å². The molecule has 0 aliphatic heterocycles. The zero-order chi connectivity index (χ0) is 17.0. The SMILES string of the molecule is C=Cc1c(C#N)[nH]c(CN)c1-c1ccc(OC)c(OC)c1OC. The van der Waals surface area contributed by atoms with E-state index in [0.29, 0.717) is 28.5 Å². The van der Waals surface area contributed by atoms with Gasteiger partial charge in [0.2, 0.25) is 5.75 Å². The minimum atomic E-state index is 0.245. The Morgan fingerprint density at radius 2 is 1.91 bits per heavy atom. The van der Waals surface area contributed by atoms with Gasteiger partial charge in [-0.3, -0.25) is 0 Å². The van der Waals surface area contributed by atoms with Gasteiger partial charge in [0.15, 0.2) is 11.5 Å². The van der Waals surface area contributed by atoms with Gasteiger partial charge < -0.3 is 24.9 Å². The number of hydrogen-bond donors (Lipinski definition) is 2. The lowest BCUT2D eigenvalue weighted by Gasteiger charge is -2.16. The third-order valence-electron chi connectivity index (χ3n) is 3.61. The second-order valence-electron chi connectivity index (χ2n) is 4.67. The summed E-state index contributed by atoms with van der Waals surface area (Å²) in [7, 11) is 4.65. The molecule has 0 atom stereocenters. The van der Waals surface area contributed by atoms with Crippen LogP contribution in [-0.2, 0) is 6.54 Å². The Morgan fingerprint density at radius 3 is 2.39 bits per heavy atom. The molecule has 0 spiro atoms. The van der Waals surface area contributed by atoms with Crippen molar-refractivity contribution in [3.63, 3.8) is 0 Å². The van der Waals surface area contributed by atoms with Crippen LogP contribution in [0.1, 0.15) is 17.0 Å². The van der Waals surface area contributed by atoms with Gasteiger partial charge in [0.05, 0.1) is 21.3 Å². The zero-order valence-electron chi connectivity index (χ0n) is 13.4. The van der Waals surface area contributed by atoms with Crippen molar-refractivity contribution in [1.29, 1.82) is 5.26 Å². The maximum absolute atomic E-state index is 9.29. The summed E-state index contributed by atoms with van der Waals surface area (Å²) >= 11 is 0. The Balaban J connectivity index is 2.85. The number of hydrogen-bond acceptors (Lipinski definition) is 5. The number of nitrogens with zero attached hydrogens (tertiary/aromatic N) is 1. The van der Waals surface area contributed by atoms with Gasteiger partial charge in [-0.2, -0.15) is 5.26 Å². The third kappa shape index (κ3) is 2.62. The Hall–Kier alpha value is -2.91. The Labute approximate surface area is 135 Å². The molecule has 23 heavy (non-hydrogen) atoms. The maximum atomic E-state index is 9.29. The largest absolute Gasteiger partial charge is 0.493 e. The minimum Gasteiger partial charge on any atom is -0.493 e. The maximum Gasteiger partial charge on any atom is 0.203 e. The first kappa shape index (κ1) is 16.5. The van der Waals surface area contributed by atoms with E-state index < -0.39 is 0 Å². The minimum absolute atomic E-state index is 0.245. The van der Waals surface area contributed by atoms with Crippen LogP contribution in [0.15, 0.2) is 18.7 Å². The molecule has 3 N–H and O–H groups in total. The van der Waals surface area contributed by atoms with Crippen molar-refractivity contribution in [2.75, 3.05) is 21.3 Å². The second-order valence-corrected chi connectivity index (χ2v) is 4.67. The van der Waals surface area contributed by atoms with E-state index in [1.165, 1.54) is 0 Å². The van der Waals surface area contributed by atoms with Crippen molar-refractivity contribution in [3.8, 4) is 34.4 Å². The van der Waals surface area contributed by atoms with Gasteiger partial charge in [-0.1, -0.05) is 12.7 Å². The first-order chi connectivity index (χ1) is 11.2. The molecule has 0 radical (unpaired) electrons. The van der Waals surface area contributed by atoms with E-state index in [-0.39, 0.29) is 6.54 Å². The number of nitriles is 1. The summed E-state index contributed by atoms with van der Waals surface area (Å²) in [6.07, 6.45) is 1.62. The Bertz CT molecular complexity index is 772. The number of H-pyrrole nitrogens is 1. The smallest absolute Gasteiger partial charge is 0.203 e. The lowest BCUT2D eigenvalue weighted by Crippen LogP contribution is -2.01. The van der Waals surface area contributed by atoms with Crippen molar-refractivity contribution in [2.24, 2.45) is 5.73 Å². The van der Waals surface area contributed by atoms with E-state index in [0.717, 1.165) is 16.8 Å². The van der Waals surface area contributed by atoms with Gasteiger partial charge in [0, 0.05) is 28.9 Å². The average Bonchev–Trinajstić information content (AvgIpc) is 2.97. The average molecular weight is 313 g/mol. The molecule has 6 nitrogen and oxygen atoms in total. The first-order valence-corrected chi connectivity index (χ1v) is 6.93. The molecule has 1 aromatic carbocycles. The molecule has 2 aromatic rings. The summed E-state index contributed by atoms with van der Waals surface area (Å²) in [6.45, 7) is 4.04. The van der Waals surface area contributed by atoms with Crippen molar-refractivity contribution >= 4 is 6.08 Å². The van der Waals surface area contributed by atoms with Gasteiger partial charge in [-0.05, 0) is 12.1 Å². The topological polar surface area (TPSA) is 93.3 Å². The number of rotatable bonds is 6. The fraction of sp³-hybridized carbons (Fsp3) is 0.235. The number of benzene rings is 1. The monoisotopic (exact) mass is 313 g/mol. The van der Waals surface area contributed by atoms with Crippen LogP contribution < -0.4 is 19.9 Å². The standard InChI is InChI=1S/C17H19N3O3/c1-5-10-12(8-18)20-13(9-19)15(10)11-6-7-14(21-2)17(23-4)16(11)22-3/h5-7,20H,1,9,19H2,2-4H3. The van der Waals surface area contributed by atoms with Crippen molar-refractivity contribution in [3.05, 3.63) is 35.7 Å². The summed E-state index contributed by atoms with van der Waals surface area (Å²) in [6, 6.07) is 5.75. The summed E-state index contributed by atoms with van der Waals surface area (Å²) in [5, 5.41) is 9.29. The van der Waals surface area contributed by atoms with Crippen molar-refractivity contribution < 1.29 is 14.2 Å². The van der Waals surface area contributed by atoms with Crippen LogP contribution in [0.3, 0.4) is 0 Å². The van der Waals surface area contributed by atoms with Crippen LogP contribution in [0.5, 0.6) is 17.2 Å². The van der Waals surface area contributed by atoms with Gasteiger partial charge in [-0.25, -0.2) is 0 Å². The van der Waals surface area contributed by atoms with E-state index in [1.54, 1.807) is 33.5 Å². The van der Waals surface area contributed by atoms with Crippen LogP contribution >= 0.6 is 0 Å². The van der Waals surface area contributed by atoms with Gasteiger partial charge in [0.25, 0.3) is 0 Å². The summed E-state index contributed by atoms with van der Waals surface area (Å²) < 4.78 is 16.2. The fourth-order valence-corrected chi connectivity index (χ4v) is 2.62. The molecular formula is C17H19N3O3. The molecule has 120 valence electrons. The molecule has 0 aliphatic rings. The predicted molar refractivity (Wildman–Crippen MR) is 88.6 cm³/mol. The third-order valence-corrected chi connectivity index (χ3v) is 3.61. The Kier molecular flexibility index (Phi) is 4.94. The number of ether oxygens (including phenoxy) is 3. The first-order valence-electron chi connectivity index (χ1n) is 6.93. The van der Waals surface area contributed by atoms with E-state index in [1.807, 2.05) is 6.07 Å².